The molecule has 0 unspecified atom stereocenters. The maximum absolute atomic E-state index is 5.00. The first-order valence-corrected chi connectivity index (χ1v) is 7.09. The van der Waals surface area contributed by atoms with Crippen molar-refractivity contribution in [3.63, 3.8) is 0 Å². The number of thioether (sulfide) groups is 1. The Balaban J connectivity index is 2.14. The lowest BCUT2D eigenvalue weighted by atomic mass is 10.5. The highest BCUT2D eigenvalue weighted by molar-refractivity contribution is 7.98. The van der Waals surface area contributed by atoms with E-state index in [0.29, 0.717) is 0 Å². The maximum Gasteiger partial charge on any atom is 0.182 e. The predicted octanol–water partition coefficient (Wildman–Crippen LogP) is 2.84. The summed E-state index contributed by atoms with van der Waals surface area (Å²) in [5.74, 6) is 2.22. The van der Waals surface area contributed by atoms with Crippen molar-refractivity contribution in [1.29, 1.82) is 0 Å². The fraction of sp³-hybridized carbons (Fsp3) is 0.700. The van der Waals surface area contributed by atoms with E-state index in [1.54, 1.807) is 18.4 Å². The van der Waals surface area contributed by atoms with E-state index >= 15 is 0 Å². The van der Waals surface area contributed by atoms with Gasteiger partial charge in [-0.1, -0.05) is 0 Å². The second kappa shape index (κ2) is 7.96. The van der Waals surface area contributed by atoms with Gasteiger partial charge in [0.15, 0.2) is 5.13 Å². The summed E-state index contributed by atoms with van der Waals surface area (Å²) in [6, 6.07) is 0. The van der Waals surface area contributed by atoms with Crippen molar-refractivity contribution in [3.05, 3.63) is 11.1 Å². The topological polar surface area (TPSA) is 34.2 Å². The van der Waals surface area contributed by atoms with Crippen LogP contribution in [0.15, 0.2) is 6.20 Å². The quantitative estimate of drug-likeness (QED) is 0.715. The fourth-order valence-corrected chi connectivity index (χ4v) is 2.99. The van der Waals surface area contributed by atoms with E-state index in [0.717, 1.165) is 36.2 Å². The molecule has 0 amide bonds. The molecular formula is C10H18N2OS2. The lowest BCUT2D eigenvalue weighted by Gasteiger charge is -1.98. The van der Waals surface area contributed by atoms with E-state index in [-0.39, 0.29) is 0 Å². The number of rotatable bonds is 8. The molecule has 86 valence electrons. The van der Waals surface area contributed by atoms with Crippen LogP contribution in [0, 0.1) is 0 Å². The van der Waals surface area contributed by atoms with E-state index in [4.69, 9.17) is 4.74 Å². The molecule has 1 aromatic rings. The van der Waals surface area contributed by atoms with Crippen molar-refractivity contribution in [1.82, 2.24) is 4.98 Å². The number of ether oxygens (including phenoxy) is 1. The first kappa shape index (κ1) is 12.8. The van der Waals surface area contributed by atoms with Gasteiger partial charge in [-0.2, -0.15) is 11.8 Å². The molecule has 1 aromatic heterocycles. The summed E-state index contributed by atoms with van der Waals surface area (Å²) >= 11 is 3.69. The molecule has 0 atom stereocenters. The molecule has 0 spiro atoms. The second-order valence-corrected chi connectivity index (χ2v) is 5.28. The highest BCUT2D eigenvalue weighted by atomic mass is 32.2. The number of hydrogen-bond acceptors (Lipinski definition) is 5. The van der Waals surface area contributed by atoms with E-state index in [1.807, 2.05) is 18.0 Å². The van der Waals surface area contributed by atoms with Crippen LogP contribution >= 0.6 is 23.1 Å². The first-order chi connectivity index (χ1) is 7.36. The zero-order valence-corrected chi connectivity index (χ0v) is 10.9. The van der Waals surface area contributed by atoms with Crippen molar-refractivity contribution >= 4 is 28.2 Å². The van der Waals surface area contributed by atoms with Crippen molar-refractivity contribution in [2.45, 2.75) is 19.1 Å². The summed E-state index contributed by atoms with van der Waals surface area (Å²) in [5, 5.41) is 4.25. The number of nitrogens with zero attached hydrogens (tertiary/aromatic N) is 1. The molecule has 0 aromatic carbocycles. The number of aromatic nitrogens is 1. The first-order valence-electron chi connectivity index (χ1n) is 5.12. The molecule has 0 fully saturated rings. The summed E-state index contributed by atoms with van der Waals surface area (Å²) in [6.45, 7) is 3.88. The summed E-state index contributed by atoms with van der Waals surface area (Å²) in [7, 11) is 1.75. The van der Waals surface area contributed by atoms with E-state index in [9.17, 15) is 0 Å². The molecule has 0 saturated heterocycles. The van der Waals surface area contributed by atoms with Crippen LogP contribution in [0.25, 0.3) is 0 Å². The number of nitrogens with one attached hydrogen (secondary N) is 1. The molecule has 0 bridgehead atoms. The van der Waals surface area contributed by atoms with Gasteiger partial charge in [0.2, 0.25) is 0 Å². The minimum Gasteiger partial charge on any atom is -0.385 e. The standard InChI is InChI=1S/C10H18N2OS2/c1-3-11-10-12-7-9(15-10)8-14-6-4-5-13-2/h7H,3-6,8H2,1-2H3,(H,11,12). The molecule has 15 heavy (non-hydrogen) atoms. The fourth-order valence-electron chi connectivity index (χ4n) is 1.09. The largest absolute Gasteiger partial charge is 0.385 e. The molecule has 3 nitrogen and oxygen atoms in total. The van der Waals surface area contributed by atoms with Crippen molar-refractivity contribution < 1.29 is 4.74 Å². The molecule has 1 heterocycles. The molecule has 5 heteroatoms. The van der Waals surface area contributed by atoms with Crippen LogP contribution in [0.1, 0.15) is 18.2 Å². The molecular weight excluding hydrogens is 228 g/mol. The highest BCUT2D eigenvalue weighted by Gasteiger charge is 2.00. The molecule has 0 radical (unpaired) electrons. The minimum absolute atomic E-state index is 0.859. The maximum atomic E-state index is 5.00. The minimum atomic E-state index is 0.859. The van der Waals surface area contributed by atoms with Gasteiger partial charge in [-0.25, -0.2) is 4.98 Å². The van der Waals surface area contributed by atoms with Crippen LogP contribution in [0.4, 0.5) is 5.13 Å². The molecule has 0 aliphatic heterocycles. The zero-order valence-electron chi connectivity index (χ0n) is 9.28. The van der Waals surface area contributed by atoms with Crippen LogP contribution in [-0.4, -0.2) is 31.0 Å². The Hall–Kier alpha value is -0.260. The Morgan fingerprint density at radius 3 is 3.20 bits per heavy atom. The lowest BCUT2D eigenvalue weighted by molar-refractivity contribution is 0.200. The van der Waals surface area contributed by atoms with Crippen molar-refractivity contribution in [2.24, 2.45) is 0 Å². The molecule has 1 rings (SSSR count). The molecule has 0 saturated carbocycles. The van der Waals surface area contributed by atoms with Crippen molar-refractivity contribution in [3.8, 4) is 0 Å². The van der Waals surface area contributed by atoms with Gasteiger partial charge in [0, 0.05) is 37.1 Å². The predicted molar refractivity (Wildman–Crippen MR) is 68.9 cm³/mol. The smallest absolute Gasteiger partial charge is 0.182 e. The third-order valence-electron chi connectivity index (χ3n) is 1.76. The summed E-state index contributed by atoms with van der Waals surface area (Å²) in [6.07, 6.45) is 3.09. The van der Waals surface area contributed by atoms with Gasteiger partial charge in [-0.05, 0) is 19.1 Å². The third-order valence-corrected chi connectivity index (χ3v) is 3.99. The van der Waals surface area contributed by atoms with Crippen LogP contribution in [-0.2, 0) is 10.5 Å². The monoisotopic (exact) mass is 246 g/mol. The van der Waals surface area contributed by atoms with E-state index < -0.39 is 0 Å². The number of methoxy groups -OCH3 is 1. The molecule has 0 aliphatic carbocycles. The number of thiazole rings is 1. The lowest BCUT2D eigenvalue weighted by Crippen LogP contribution is -1.94. The highest BCUT2D eigenvalue weighted by Crippen LogP contribution is 2.22. The van der Waals surface area contributed by atoms with Crippen LogP contribution in [0.3, 0.4) is 0 Å². The van der Waals surface area contributed by atoms with Gasteiger partial charge in [0.25, 0.3) is 0 Å². The van der Waals surface area contributed by atoms with Crippen LogP contribution < -0.4 is 5.32 Å². The average Bonchev–Trinajstić information content (AvgIpc) is 2.66. The van der Waals surface area contributed by atoms with Crippen molar-refractivity contribution in [2.75, 3.05) is 31.3 Å². The van der Waals surface area contributed by atoms with Gasteiger partial charge in [0.1, 0.15) is 0 Å². The SMILES string of the molecule is CCNc1ncc(CSCCCOC)s1. The zero-order chi connectivity index (χ0) is 10.9. The van der Waals surface area contributed by atoms with E-state index in [2.05, 4.69) is 17.2 Å². The van der Waals surface area contributed by atoms with Gasteiger partial charge >= 0.3 is 0 Å². The third kappa shape index (κ3) is 5.39. The molecule has 0 aliphatic rings. The Labute approximate surface area is 99.6 Å². The van der Waals surface area contributed by atoms with Gasteiger partial charge in [-0.15, -0.1) is 11.3 Å². The summed E-state index contributed by atoms with van der Waals surface area (Å²) in [4.78, 5) is 5.63. The number of anilines is 1. The van der Waals surface area contributed by atoms with Crippen LogP contribution in [0.5, 0.6) is 0 Å². The Morgan fingerprint density at radius 2 is 2.47 bits per heavy atom. The summed E-state index contributed by atoms with van der Waals surface area (Å²) < 4.78 is 5.00. The molecule has 1 N–H and O–H groups in total. The average molecular weight is 246 g/mol. The Kier molecular flexibility index (Phi) is 6.80. The number of hydrogen-bond donors (Lipinski definition) is 1. The van der Waals surface area contributed by atoms with E-state index in [1.165, 1.54) is 4.88 Å². The summed E-state index contributed by atoms with van der Waals surface area (Å²) in [5.41, 5.74) is 0. The second-order valence-electron chi connectivity index (χ2n) is 3.06. The normalized spacial score (nSPS) is 10.5. The Morgan fingerprint density at radius 1 is 1.60 bits per heavy atom. The van der Waals surface area contributed by atoms with Crippen LogP contribution in [0.2, 0.25) is 0 Å². The van der Waals surface area contributed by atoms with Gasteiger partial charge in [-0.3, -0.25) is 0 Å². The Bertz CT molecular complexity index is 266. The van der Waals surface area contributed by atoms with Gasteiger partial charge < -0.3 is 10.1 Å². The van der Waals surface area contributed by atoms with Gasteiger partial charge in [0.05, 0.1) is 0 Å².